The normalized spacial score (nSPS) is 19.8. The van der Waals surface area contributed by atoms with Gasteiger partial charge in [-0.15, -0.1) is 0 Å². The Labute approximate surface area is 212 Å². The number of aliphatic hydroxyl groups is 1. The minimum atomic E-state index is -0.651. The number of pyridine rings is 1. The van der Waals surface area contributed by atoms with Crippen LogP contribution in [0.4, 0.5) is 5.69 Å². The van der Waals surface area contributed by atoms with Gasteiger partial charge >= 0.3 is 0 Å². The van der Waals surface area contributed by atoms with Crippen LogP contribution in [0.15, 0.2) is 53.5 Å². The Hall–Kier alpha value is -2.38. The number of rotatable bonds is 6. The van der Waals surface area contributed by atoms with Crippen molar-refractivity contribution in [3.05, 3.63) is 75.2 Å². The highest BCUT2D eigenvalue weighted by Crippen LogP contribution is 2.28. The first kappa shape index (κ1) is 24.3. The second-order valence-electron chi connectivity index (χ2n) is 10.3. The third kappa shape index (κ3) is 5.26. The molecule has 1 N–H and O–H groups in total. The molecular weight excluding hydrogens is 460 g/mol. The topological polar surface area (TPSA) is 52.0 Å². The van der Waals surface area contributed by atoms with Crippen LogP contribution < -0.4 is 10.5 Å². The largest absolute Gasteiger partial charge is 0.390 e. The van der Waals surface area contributed by atoms with Crippen molar-refractivity contribution in [2.45, 2.75) is 44.5 Å². The number of fused-ring (bicyclic) bond motifs is 2. The molecule has 7 heteroatoms. The van der Waals surface area contributed by atoms with E-state index in [4.69, 9.17) is 11.6 Å². The summed E-state index contributed by atoms with van der Waals surface area (Å²) < 4.78 is 1.57. The summed E-state index contributed by atoms with van der Waals surface area (Å²) in [5.41, 5.74) is 3.70. The molecule has 2 aromatic carbocycles. The fourth-order valence-electron chi connectivity index (χ4n) is 5.57. The fourth-order valence-corrected chi connectivity index (χ4v) is 5.85. The zero-order chi connectivity index (χ0) is 24.5. The summed E-state index contributed by atoms with van der Waals surface area (Å²) >= 11 is 6.68. The number of aliphatic hydroxyl groups excluding tert-OH is 1. The van der Waals surface area contributed by atoms with E-state index in [9.17, 15) is 9.90 Å². The molecule has 35 heavy (non-hydrogen) atoms. The lowest BCUT2D eigenvalue weighted by Gasteiger charge is -2.37. The molecule has 1 unspecified atom stereocenters. The number of likely N-dealkylation sites (N-methyl/N-ethyl adjacent to an activating group) is 1. The van der Waals surface area contributed by atoms with Gasteiger partial charge in [-0.05, 0) is 62.7 Å². The van der Waals surface area contributed by atoms with Crippen LogP contribution in [-0.4, -0.2) is 71.9 Å². The summed E-state index contributed by atoms with van der Waals surface area (Å²) in [5, 5.41) is 12.7. The van der Waals surface area contributed by atoms with E-state index in [2.05, 4.69) is 53.1 Å². The van der Waals surface area contributed by atoms with Crippen LogP contribution in [0.25, 0.3) is 10.8 Å². The van der Waals surface area contributed by atoms with Crippen molar-refractivity contribution in [3.8, 4) is 0 Å². The smallest absolute Gasteiger partial charge is 0.258 e. The van der Waals surface area contributed by atoms with Gasteiger partial charge in [0.05, 0.1) is 17.7 Å². The lowest BCUT2D eigenvalue weighted by Crippen LogP contribution is -2.45. The minimum absolute atomic E-state index is 0.108. The number of anilines is 1. The van der Waals surface area contributed by atoms with E-state index < -0.39 is 6.10 Å². The summed E-state index contributed by atoms with van der Waals surface area (Å²) in [6.45, 7) is 4.48. The third-order valence-electron chi connectivity index (χ3n) is 7.60. The number of hydrogen-bond acceptors (Lipinski definition) is 5. The number of nitrogens with zero attached hydrogens (tertiary/aromatic N) is 4. The van der Waals surface area contributed by atoms with Gasteiger partial charge < -0.3 is 19.5 Å². The van der Waals surface area contributed by atoms with Gasteiger partial charge in [-0.2, -0.15) is 0 Å². The van der Waals surface area contributed by atoms with E-state index in [1.165, 1.54) is 17.5 Å². The molecular formula is C28H35ClN4O2. The molecule has 0 saturated carbocycles. The Morgan fingerprint density at radius 1 is 1.09 bits per heavy atom. The average molecular weight is 495 g/mol. The van der Waals surface area contributed by atoms with E-state index in [0.29, 0.717) is 23.0 Å². The van der Waals surface area contributed by atoms with Crippen LogP contribution in [-0.2, 0) is 19.5 Å². The van der Waals surface area contributed by atoms with Crippen LogP contribution in [0, 0.1) is 0 Å². The standard InChI is InChI=1S/C28H35ClN4O2/c1-30(2)23-8-5-12-32(16-23)22-9-10-25-26(14-22)27(29)19-33(28(25)35)18-24(34)17-31-13-11-20-6-3-4-7-21(20)15-31/h3-4,6-7,9-10,14,19,23-24,34H,5,8,11-13,15-18H2,1-2H3/t23?,24-/m1/s1. The first-order valence-electron chi connectivity index (χ1n) is 12.6. The van der Waals surface area contributed by atoms with Gasteiger partial charge in [0.15, 0.2) is 0 Å². The average Bonchev–Trinajstić information content (AvgIpc) is 2.86. The Balaban J connectivity index is 1.31. The van der Waals surface area contributed by atoms with Gasteiger partial charge in [-0.1, -0.05) is 35.9 Å². The van der Waals surface area contributed by atoms with Crippen LogP contribution in [0.1, 0.15) is 24.0 Å². The Bertz CT molecular complexity index is 1260. The minimum Gasteiger partial charge on any atom is -0.390 e. The molecule has 0 amide bonds. The van der Waals surface area contributed by atoms with Crippen molar-refractivity contribution in [2.24, 2.45) is 0 Å². The number of aromatic nitrogens is 1. The summed E-state index contributed by atoms with van der Waals surface area (Å²) in [7, 11) is 4.26. The quantitative estimate of drug-likeness (QED) is 0.567. The maximum atomic E-state index is 13.3. The molecule has 2 atom stereocenters. The SMILES string of the molecule is CN(C)C1CCCN(c2ccc3c(=O)n(C[C@H](O)CN4CCc5ccccc5C4)cc(Cl)c3c2)C1. The zero-order valence-corrected chi connectivity index (χ0v) is 21.4. The Kier molecular flexibility index (Phi) is 7.17. The first-order chi connectivity index (χ1) is 16.9. The van der Waals surface area contributed by atoms with Crippen LogP contribution >= 0.6 is 11.6 Å². The van der Waals surface area contributed by atoms with Crippen molar-refractivity contribution in [1.82, 2.24) is 14.4 Å². The monoisotopic (exact) mass is 494 g/mol. The molecule has 2 aliphatic rings. The predicted molar refractivity (Wildman–Crippen MR) is 144 cm³/mol. The Morgan fingerprint density at radius 2 is 1.89 bits per heavy atom. The highest BCUT2D eigenvalue weighted by atomic mass is 35.5. The predicted octanol–water partition coefficient (Wildman–Crippen LogP) is 3.60. The number of β-amino-alcohol motifs (C(OH)–C–C–N with tert-alkyl or cyclic N) is 1. The number of benzene rings is 2. The Morgan fingerprint density at radius 3 is 2.69 bits per heavy atom. The maximum Gasteiger partial charge on any atom is 0.258 e. The highest BCUT2D eigenvalue weighted by molar-refractivity contribution is 6.35. The molecule has 1 fully saturated rings. The molecule has 5 rings (SSSR count). The molecule has 0 aliphatic carbocycles. The molecule has 1 saturated heterocycles. The van der Waals surface area contributed by atoms with Crippen LogP contribution in [0.3, 0.4) is 0 Å². The van der Waals surface area contributed by atoms with Gasteiger partial charge in [-0.25, -0.2) is 0 Å². The number of halogens is 1. The summed E-state index contributed by atoms with van der Waals surface area (Å²) in [6, 6.07) is 15.0. The zero-order valence-electron chi connectivity index (χ0n) is 20.7. The van der Waals surface area contributed by atoms with Crippen molar-refractivity contribution >= 4 is 28.1 Å². The second-order valence-corrected chi connectivity index (χ2v) is 10.7. The lowest BCUT2D eigenvalue weighted by atomic mass is 10.00. The van der Waals surface area contributed by atoms with Crippen LogP contribution in [0.2, 0.25) is 5.02 Å². The van der Waals surface area contributed by atoms with Crippen molar-refractivity contribution in [2.75, 3.05) is 45.2 Å². The molecule has 2 aliphatic heterocycles. The molecule has 0 radical (unpaired) electrons. The van der Waals surface area contributed by atoms with E-state index in [1.807, 2.05) is 18.2 Å². The fraction of sp³-hybridized carbons (Fsp3) is 0.464. The summed E-state index contributed by atoms with van der Waals surface area (Å²) in [6.07, 6.45) is 4.37. The van der Waals surface area contributed by atoms with Gasteiger partial charge in [-0.3, -0.25) is 9.69 Å². The maximum absolute atomic E-state index is 13.3. The van der Waals surface area contributed by atoms with Crippen LogP contribution in [0.5, 0.6) is 0 Å². The van der Waals surface area contributed by atoms with E-state index in [-0.39, 0.29) is 12.1 Å². The molecule has 0 spiro atoms. The van der Waals surface area contributed by atoms with E-state index >= 15 is 0 Å². The van der Waals surface area contributed by atoms with Gasteiger partial charge in [0.25, 0.3) is 5.56 Å². The summed E-state index contributed by atoms with van der Waals surface area (Å²) in [5.74, 6) is 0. The molecule has 1 aromatic heterocycles. The molecule has 186 valence electrons. The number of hydrogen-bond donors (Lipinski definition) is 1. The number of piperidine rings is 1. The van der Waals surface area contributed by atoms with Crippen molar-refractivity contribution in [1.29, 1.82) is 0 Å². The molecule has 3 heterocycles. The third-order valence-corrected chi connectivity index (χ3v) is 7.90. The lowest BCUT2D eigenvalue weighted by molar-refractivity contribution is 0.0911. The van der Waals surface area contributed by atoms with Gasteiger partial charge in [0.1, 0.15) is 0 Å². The molecule has 6 nitrogen and oxygen atoms in total. The first-order valence-corrected chi connectivity index (χ1v) is 13.0. The molecule has 3 aromatic rings. The van der Waals surface area contributed by atoms with E-state index in [0.717, 1.165) is 50.1 Å². The summed E-state index contributed by atoms with van der Waals surface area (Å²) in [4.78, 5) is 20.2. The van der Waals surface area contributed by atoms with Gasteiger partial charge in [0.2, 0.25) is 0 Å². The highest BCUT2D eigenvalue weighted by Gasteiger charge is 2.23. The molecule has 0 bridgehead atoms. The van der Waals surface area contributed by atoms with Gasteiger partial charge in [0, 0.05) is 61.4 Å². The second kappa shape index (κ2) is 10.3. The van der Waals surface area contributed by atoms with Crippen molar-refractivity contribution in [3.63, 3.8) is 0 Å². The van der Waals surface area contributed by atoms with Crippen molar-refractivity contribution < 1.29 is 5.11 Å². The van der Waals surface area contributed by atoms with E-state index in [1.54, 1.807) is 10.8 Å².